The van der Waals surface area contributed by atoms with Crippen molar-refractivity contribution in [2.24, 2.45) is 11.5 Å². The van der Waals surface area contributed by atoms with E-state index in [0.717, 1.165) is 43.7 Å². The van der Waals surface area contributed by atoms with Crippen LogP contribution in [0.25, 0.3) is 10.8 Å². The number of rotatable bonds is 11. The lowest BCUT2D eigenvalue weighted by Gasteiger charge is -2.46. The van der Waals surface area contributed by atoms with E-state index in [1.165, 1.54) is 33.0 Å². The molecule has 1 saturated heterocycles. The summed E-state index contributed by atoms with van der Waals surface area (Å²) >= 11 is 0. The van der Waals surface area contributed by atoms with Crippen molar-refractivity contribution in [1.82, 2.24) is 9.80 Å². The maximum Gasteiger partial charge on any atom is 0.227 e. The zero-order valence-corrected chi connectivity index (χ0v) is 25.9. The van der Waals surface area contributed by atoms with Crippen LogP contribution in [-0.2, 0) is 24.1 Å². The summed E-state index contributed by atoms with van der Waals surface area (Å²) in [5.74, 6) is 0.188. The molecule has 5 rings (SSSR count). The first-order chi connectivity index (χ1) is 20.8. The van der Waals surface area contributed by atoms with Gasteiger partial charge in [-0.05, 0) is 78.8 Å². The second-order valence-electron chi connectivity index (χ2n) is 12.4. The Kier molecular flexibility index (Phi) is 10.1. The van der Waals surface area contributed by atoms with Crippen molar-refractivity contribution in [3.05, 3.63) is 113 Å². The molecule has 6 heteroatoms. The zero-order chi connectivity index (χ0) is 30.3. The number of aryl methyl sites for hydroxylation is 2. The third-order valence-electron chi connectivity index (χ3n) is 8.79. The summed E-state index contributed by atoms with van der Waals surface area (Å²) in [4.78, 5) is 18.4. The number of benzene rings is 4. The molecule has 0 bridgehead atoms. The van der Waals surface area contributed by atoms with Crippen LogP contribution < -0.4 is 16.8 Å². The number of carbonyl (C=O) groups is 1. The highest BCUT2D eigenvalue weighted by Gasteiger charge is 2.34. The monoisotopic (exact) mass is 577 g/mol. The highest BCUT2D eigenvalue weighted by Crippen LogP contribution is 2.23. The van der Waals surface area contributed by atoms with Gasteiger partial charge >= 0.3 is 0 Å². The van der Waals surface area contributed by atoms with Gasteiger partial charge in [0.25, 0.3) is 0 Å². The Bertz CT molecular complexity index is 1520. The van der Waals surface area contributed by atoms with Crippen molar-refractivity contribution < 1.29 is 4.79 Å². The van der Waals surface area contributed by atoms with Crippen molar-refractivity contribution in [3.8, 4) is 0 Å². The maximum absolute atomic E-state index is 13.8. The SMILES string of the molecule is Cc1ccc(CC(N)CN2C[C@@H](C)N(C(=O)Cc3ccc4ccccc4c3)C[C@@H]2Cc2ccc(NCCN)cc2)c(C)c1. The van der Waals surface area contributed by atoms with E-state index >= 15 is 0 Å². The molecule has 1 aliphatic heterocycles. The van der Waals surface area contributed by atoms with Gasteiger partial charge in [0.1, 0.15) is 0 Å². The highest BCUT2D eigenvalue weighted by molar-refractivity contribution is 5.85. The molecule has 0 saturated carbocycles. The van der Waals surface area contributed by atoms with Gasteiger partial charge in [0.2, 0.25) is 5.91 Å². The van der Waals surface area contributed by atoms with E-state index in [9.17, 15) is 4.79 Å². The minimum atomic E-state index is 0.0128. The second-order valence-corrected chi connectivity index (χ2v) is 12.4. The number of nitrogens with one attached hydrogen (secondary N) is 1. The van der Waals surface area contributed by atoms with E-state index in [4.69, 9.17) is 11.5 Å². The van der Waals surface area contributed by atoms with Crippen LogP contribution in [0.2, 0.25) is 0 Å². The van der Waals surface area contributed by atoms with Crippen molar-refractivity contribution in [2.75, 3.05) is 38.0 Å². The summed E-state index contributed by atoms with van der Waals surface area (Å²) in [6.45, 7) is 10.1. The average Bonchev–Trinajstić information content (AvgIpc) is 2.99. The van der Waals surface area contributed by atoms with Crippen molar-refractivity contribution in [1.29, 1.82) is 0 Å². The lowest BCUT2D eigenvalue weighted by Crippen LogP contribution is -2.61. The quantitative estimate of drug-likeness (QED) is 0.231. The average molecular weight is 578 g/mol. The Hall–Kier alpha value is -3.71. The van der Waals surface area contributed by atoms with Crippen LogP contribution in [0.4, 0.5) is 5.69 Å². The summed E-state index contributed by atoms with van der Waals surface area (Å²) in [5.41, 5.74) is 19.8. The molecule has 1 amide bonds. The number of fused-ring (bicyclic) bond motifs is 1. The van der Waals surface area contributed by atoms with E-state index in [1.807, 2.05) is 12.1 Å². The number of hydrogen-bond acceptors (Lipinski definition) is 5. The minimum absolute atomic E-state index is 0.0128. The standard InChI is InChI=1S/C37H47N5O/c1-26-8-12-32(27(2)18-26)22-34(39)24-41-23-28(3)42(25-36(41)20-29-10-14-35(15-11-29)40-17-16-38)37(43)21-30-9-13-31-6-4-5-7-33(31)19-30/h4-15,18-19,28,34,36,40H,16-17,20-25,38-39H2,1-3H3/t28-,34?,36+/m1/s1. The minimum Gasteiger partial charge on any atom is -0.384 e. The summed E-state index contributed by atoms with van der Waals surface area (Å²) in [6, 6.07) is 30.2. The van der Waals surface area contributed by atoms with E-state index < -0.39 is 0 Å². The number of hydrogen-bond donors (Lipinski definition) is 3. The molecule has 43 heavy (non-hydrogen) atoms. The Morgan fingerprint density at radius 1 is 0.930 bits per heavy atom. The largest absolute Gasteiger partial charge is 0.384 e. The normalized spacial score (nSPS) is 18.1. The van der Waals surface area contributed by atoms with Gasteiger partial charge in [-0.2, -0.15) is 0 Å². The number of carbonyl (C=O) groups excluding carboxylic acids is 1. The number of nitrogens with zero attached hydrogens (tertiary/aromatic N) is 2. The fourth-order valence-corrected chi connectivity index (χ4v) is 6.47. The summed E-state index contributed by atoms with van der Waals surface area (Å²) in [5, 5.41) is 5.72. The van der Waals surface area contributed by atoms with Gasteiger partial charge < -0.3 is 21.7 Å². The zero-order valence-electron chi connectivity index (χ0n) is 25.9. The van der Waals surface area contributed by atoms with Crippen LogP contribution in [-0.4, -0.2) is 66.6 Å². The van der Waals surface area contributed by atoms with Crippen LogP contribution in [0, 0.1) is 13.8 Å². The van der Waals surface area contributed by atoms with Gasteiger partial charge in [-0.25, -0.2) is 0 Å². The number of nitrogens with two attached hydrogens (primary N) is 2. The van der Waals surface area contributed by atoms with Crippen LogP contribution in [0.5, 0.6) is 0 Å². The molecule has 6 nitrogen and oxygen atoms in total. The molecule has 1 heterocycles. The number of anilines is 1. The first kappa shape index (κ1) is 30.7. The molecule has 226 valence electrons. The molecule has 4 aromatic rings. The van der Waals surface area contributed by atoms with Gasteiger partial charge in [0.05, 0.1) is 6.42 Å². The van der Waals surface area contributed by atoms with Crippen LogP contribution in [0.15, 0.2) is 84.9 Å². The van der Waals surface area contributed by atoms with E-state index in [2.05, 4.69) is 109 Å². The fraction of sp³-hybridized carbons (Fsp3) is 0.378. The van der Waals surface area contributed by atoms with Crippen LogP contribution in [0.1, 0.15) is 34.7 Å². The molecular formula is C37H47N5O. The Labute approximate surface area is 257 Å². The first-order valence-corrected chi connectivity index (χ1v) is 15.6. The summed E-state index contributed by atoms with van der Waals surface area (Å²) in [6.07, 6.45) is 2.12. The molecule has 0 aromatic heterocycles. The molecule has 5 N–H and O–H groups in total. The van der Waals surface area contributed by atoms with Crippen molar-refractivity contribution in [2.45, 2.75) is 58.2 Å². The number of piperazine rings is 1. The van der Waals surface area contributed by atoms with Gasteiger partial charge in [0, 0.05) is 56.5 Å². The van der Waals surface area contributed by atoms with Gasteiger partial charge in [-0.1, -0.05) is 78.4 Å². The maximum atomic E-state index is 13.8. The van der Waals surface area contributed by atoms with Crippen LogP contribution in [0.3, 0.4) is 0 Å². The van der Waals surface area contributed by atoms with Gasteiger partial charge in [-0.15, -0.1) is 0 Å². The predicted octanol–water partition coefficient (Wildman–Crippen LogP) is 5.08. The van der Waals surface area contributed by atoms with Crippen LogP contribution >= 0.6 is 0 Å². The Morgan fingerprint density at radius 2 is 1.67 bits per heavy atom. The number of amides is 1. The Balaban J connectivity index is 1.31. The molecule has 0 spiro atoms. The van der Waals surface area contributed by atoms with Gasteiger partial charge in [-0.3, -0.25) is 9.69 Å². The van der Waals surface area contributed by atoms with Crippen molar-refractivity contribution >= 4 is 22.4 Å². The van der Waals surface area contributed by atoms with E-state index in [-0.39, 0.29) is 24.0 Å². The lowest BCUT2D eigenvalue weighted by molar-refractivity contribution is -0.136. The van der Waals surface area contributed by atoms with Gasteiger partial charge in [0.15, 0.2) is 0 Å². The smallest absolute Gasteiger partial charge is 0.227 e. The van der Waals surface area contributed by atoms with Crippen molar-refractivity contribution in [3.63, 3.8) is 0 Å². The third-order valence-corrected chi connectivity index (χ3v) is 8.79. The highest BCUT2D eigenvalue weighted by atomic mass is 16.2. The van der Waals surface area contributed by atoms with E-state index in [0.29, 0.717) is 19.5 Å². The predicted molar refractivity (Wildman–Crippen MR) is 179 cm³/mol. The molecular weight excluding hydrogens is 530 g/mol. The third kappa shape index (κ3) is 8.02. The Morgan fingerprint density at radius 3 is 2.42 bits per heavy atom. The lowest BCUT2D eigenvalue weighted by atomic mass is 9.96. The topological polar surface area (TPSA) is 87.6 Å². The first-order valence-electron chi connectivity index (χ1n) is 15.6. The fourth-order valence-electron chi connectivity index (χ4n) is 6.47. The second kappa shape index (κ2) is 14.2. The molecule has 1 fully saturated rings. The molecule has 1 unspecified atom stereocenters. The summed E-state index contributed by atoms with van der Waals surface area (Å²) in [7, 11) is 0. The van der Waals surface area contributed by atoms with E-state index in [1.54, 1.807) is 0 Å². The molecule has 3 atom stereocenters. The summed E-state index contributed by atoms with van der Waals surface area (Å²) < 4.78 is 0. The molecule has 0 aliphatic carbocycles. The molecule has 1 aliphatic rings. The molecule has 4 aromatic carbocycles. The molecule has 0 radical (unpaired) electrons.